The molecule has 0 atom stereocenters. The molecular weight excluding hydrogens is 611 g/mol. The van der Waals surface area contributed by atoms with Crippen LogP contribution in [0.2, 0.25) is 10.0 Å². The van der Waals surface area contributed by atoms with E-state index in [-0.39, 0.29) is 38.9 Å². The van der Waals surface area contributed by atoms with Gasteiger partial charge >= 0.3 is 0 Å². The van der Waals surface area contributed by atoms with Crippen LogP contribution in [0.1, 0.15) is 11.4 Å². The number of sulfonamides is 1. The van der Waals surface area contributed by atoms with Gasteiger partial charge in [-0.25, -0.2) is 26.8 Å². The zero-order valence-corrected chi connectivity index (χ0v) is 23.8. The predicted molar refractivity (Wildman–Crippen MR) is 151 cm³/mol. The molecule has 15 heteroatoms. The third kappa shape index (κ3) is 10.6. The van der Waals surface area contributed by atoms with Crippen molar-refractivity contribution in [3.63, 3.8) is 0 Å². The molecule has 2 aromatic carbocycles. The van der Waals surface area contributed by atoms with E-state index in [1.54, 1.807) is 54.6 Å². The molecule has 2 aromatic heterocycles. The first-order valence-electron chi connectivity index (χ1n) is 10.7. The van der Waals surface area contributed by atoms with Crippen molar-refractivity contribution in [2.75, 3.05) is 10.5 Å². The van der Waals surface area contributed by atoms with Gasteiger partial charge in [0.1, 0.15) is 21.4 Å². The van der Waals surface area contributed by atoms with Gasteiger partial charge in [0.15, 0.2) is 0 Å². The third-order valence-corrected chi connectivity index (χ3v) is 8.10. The zero-order valence-electron chi connectivity index (χ0n) is 19.9. The summed E-state index contributed by atoms with van der Waals surface area (Å²) in [6.45, 7) is -0.313. The number of nitrogens with one attached hydrogen (secondary N) is 1. The van der Waals surface area contributed by atoms with E-state index in [1.165, 1.54) is 30.3 Å². The van der Waals surface area contributed by atoms with Crippen molar-refractivity contribution >= 4 is 64.6 Å². The Morgan fingerprint density at radius 2 is 1.18 bits per heavy atom. The van der Waals surface area contributed by atoms with Crippen LogP contribution in [0, 0.1) is 0 Å². The number of nitrogens with two attached hydrogens (primary N) is 1. The number of nitrogens with zero attached hydrogens (tertiary/aromatic N) is 2. The van der Waals surface area contributed by atoms with Crippen LogP contribution in [0.3, 0.4) is 0 Å². The molecule has 39 heavy (non-hydrogen) atoms. The molecule has 5 N–H and O–H groups in total. The molecule has 0 bridgehead atoms. The SMILES string of the molecule is Nc1cccc(CO)n1.O=S(=O)(Cl)c1ccccc1Cl.O=S(=O)(Nc1cccc(CO)n1)c1ccccc1Cl. The van der Waals surface area contributed by atoms with E-state index in [4.69, 9.17) is 49.8 Å². The maximum absolute atomic E-state index is 12.1. The highest BCUT2D eigenvalue weighted by molar-refractivity contribution is 8.13. The van der Waals surface area contributed by atoms with Crippen molar-refractivity contribution < 1.29 is 27.0 Å². The third-order valence-electron chi connectivity index (χ3n) is 4.42. The van der Waals surface area contributed by atoms with Gasteiger partial charge in [-0.2, -0.15) is 0 Å². The largest absolute Gasteiger partial charge is 0.390 e. The summed E-state index contributed by atoms with van der Waals surface area (Å²) < 4.78 is 48.0. The van der Waals surface area contributed by atoms with E-state index >= 15 is 0 Å². The van der Waals surface area contributed by atoms with E-state index in [0.717, 1.165) is 0 Å². The fraction of sp³-hybridized carbons (Fsp3) is 0.0833. The van der Waals surface area contributed by atoms with E-state index < -0.39 is 19.1 Å². The zero-order chi connectivity index (χ0) is 29.1. The Hall–Kier alpha value is -2.97. The molecule has 0 saturated heterocycles. The molecule has 4 rings (SSSR count). The van der Waals surface area contributed by atoms with Crippen molar-refractivity contribution in [1.82, 2.24) is 9.97 Å². The highest BCUT2D eigenvalue weighted by Crippen LogP contribution is 2.24. The second kappa shape index (κ2) is 15.0. The van der Waals surface area contributed by atoms with E-state index in [1.807, 2.05) is 0 Å². The number of pyridine rings is 2. The Bertz CT molecular complexity index is 1610. The minimum Gasteiger partial charge on any atom is -0.390 e. The second-order valence-electron chi connectivity index (χ2n) is 7.29. The second-order valence-corrected chi connectivity index (χ2v) is 12.3. The van der Waals surface area contributed by atoms with E-state index in [9.17, 15) is 16.8 Å². The quantitative estimate of drug-likeness (QED) is 0.224. The number of hydrogen-bond donors (Lipinski definition) is 4. The van der Waals surface area contributed by atoms with Gasteiger partial charge in [-0.15, -0.1) is 0 Å². The Morgan fingerprint density at radius 1 is 0.692 bits per heavy atom. The molecule has 208 valence electrons. The summed E-state index contributed by atoms with van der Waals surface area (Å²) in [5.41, 5.74) is 6.29. The van der Waals surface area contributed by atoms with Crippen molar-refractivity contribution in [3.8, 4) is 0 Å². The highest BCUT2D eigenvalue weighted by atomic mass is 35.7. The summed E-state index contributed by atoms with van der Waals surface area (Å²) in [5.74, 6) is 0.577. The fourth-order valence-corrected chi connectivity index (χ4v) is 5.74. The van der Waals surface area contributed by atoms with Crippen LogP contribution in [0.4, 0.5) is 11.6 Å². The summed E-state index contributed by atoms with van der Waals surface area (Å²) in [6.07, 6.45) is 0. The van der Waals surface area contributed by atoms with Gasteiger partial charge < -0.3 is 15.9 Å². The van der Waals surface area contributed by atoms with Gasteiger partial charge in [0.25, 0.3) is 19.1 Å². The molecular formula is C24H23Cl3N4O6S2. The predicted octanol–water partition coefficient (Wildman–Crippen LogP) is 4.45. The Morgan fingerprint density at radius 3 is 1.62 bits per heavy atom. The van der Waals surface area contributed by atoms with E-state index in [0.29, 0.717) is 17.2 Å². The first-order valence-corrected chi connectivity index (χ1v) is 15.3. The summed E-state index contributed by atoms with van der Waals surface area (Å²) in [4.78, 5) is 7.69. The average Bonchev–Trinajstić information content (AvgIpc) is 2.89. The molecule has 10 nitrogen and oxygen atoms in total. The lowest BCUT2D eigenvalue weighted by Gasteiger charge is -2.09. The normalized spacial score (nSPS) is 10.9. The summed E-state index contributed by atoms with van der Waals surface area (Å²) in [6, 6.07) is 22.0. The number of anilines is 2. The number of hydrogen-bond acceptors (Lipinski definition) is 9. The van der Waals surface area contributed by atoms with Gasteiger partial charge in [0, 0.05) is 10.7 Å². The molecule has 0 unspecified atom stereocenters. The number of rotatable bonds is 6. The van der Waals surface area contributed by atoms with Crippen LogP contribution in [-0.4, -0.2) is 37.0 Å². The van der Waals surface area contributed by atoms with Crippen molar-refractivity contribution in [3.05, 3.63) is 106 Å². The van der Waals surface area contributed by atoms with Crippen molar-refractivity contribution in [2.45, 2.75) is 23.0 Å². The monoisotopic (exact) mass is 632 g/mol. The first-order chi connectivity index (χ1) is 18.4. The van der Waals surface area contributed by atoms with Crippen LogP contribution in [0.25, 0.3) is 0 Å². The number of halogens is 3. The van der Waals surface area contributed by atoms with Crippen LogP contribution in [0.15, 0.2) is 94.7 Å². The Labute approximate surface area is 240 Å². The smallest absolute Gasteiger partial charge is 0.264 e. The van der Waals surface area contributed by atoms with Crippen LogP contribution in [-0.2, 0) is 32.3 Å². The maximum atomic E-state index is 12.1. The number of aromatic nitrogens is 2. The van der Waals surface area contributed by atoms with Gasteiger partial charge in [-0.1, -0.05) is 59.6 Å². The summed E-state index contributed by atoms with van der Waals surface area (Å²) >= 11 is 11.4. The maximum Gasteiger partial charge on any atom is 0.264 e. The van der Waals surface area contributed by atoms with Crippen molar-refractivity contribution in [1.29, 1.82) is 0 Å². The van der Waals surface area contributed by atoms with Crippen molar-refractivity contribution in [2.24, 2.45) is 0 Å². The van der Waals surface area contributed by atoms with Gasteiger partial charge in [0.2, 0.25) is 0 Å². The highest BCUT2D eigenvalue weighted by Gasteiger charge is 2.18. The molecule has 0 amide bonds. The molecule has 0 spiro atoms. The lowest BCUT2D eigenvalue weighted by Crippen LogP contribution is -2.14. The van der Waals surface area contributed by atoms with E-state index in [2.05, 4.69) is 14.7 Å². The Balaban J connectivity index is 0.000000226. The van der Waals surface area contributed by atoms with Crippen LogP contribution >= 0.6 is 33.9 Å². The van der Waals surface area contributed by atoms with Gasteiger partial charge in [-0.05, 0) is 48.5 Å². The minimum absolute atomic E-state index is 0.0205. The molecule has 4 aromatic rings. The number of aliphatic hydroxyl groups excluding tert-OH is 2. The van der Waals surface area contributed by atoms with Gasteiger partial charge in [0.05, 0.1) is 34.6 Å². The lowest BCUT2D eigenvalue weighted by molar-refractivity contribution is 0.277. The number of nitrogen functional groups attached to an aromatic ring is 1. The minimum atomic E-state index is -3.80. The first kappa shape index (κ1) is 32.2. The Kier molecular flexibility index (Phi) is 12.4. The van der Waals surface area contributed by atoms with Gasteiger partial charge in [-0.3, -0.25) is 4.72 Å². The molecule has 0 aliphatic heterocycles. The number of aliphatic hydroxyl groups is 2. The molecule has 2 heterocycles. The van der Waals surface area contributed by atoms with Crippen LogP contribution < -0.4 is 10.5 Å². The topological polar surface area (TPSA) is 173 Å². The fourth-order valence-electron chi connectivity index (χ4n) is 2.71. The summed E-state index contributed by atoms with van der Waals surface area (Å²) in [5, 5.41) is 17.8. The molecule has 0 fully saturated rings. The average molecular weight is 634 g/mol. The molecule has 0 aliphatic carbocycles. The molecule has 0 saturated carbocycles. The standard InChI is InChI=1S/C12H11ClN2O3S.C6H4Cl2O2S.C6H8N2O/c13-10-5-1-2-6-11(10)19(17,18)15-12-7-3-4-9(8-16)14-12;7-5-3-1-2-4-6(5)11(8,9)10;7-6-3-1-2-5(4-9)8-6/h1-7,16H,8H2,(H,14,15);1-4H;1-3,9H,4H2,(H2,7,8). The lowest BCUT2D eigenvalue weighted by atomic mass is 10.3. The molecule has 0 radical (unpaired) electrons. The summed E-state index contributed by atoms with van der Waals surface area (Å²) in [7, 11) is -2.44. The molecule has 0 aliphatic rings. The number of benzene rings is 2. The van der Waals surface area contributed by atoms with Crippen LogP contribution in [0.5, 0.6) is 0 Å².